The molecule has 24 heavy (non-hydrogen) atoms. The first-order valence-corrected chi connectivity index (χ1v) is 8.72. The number of nitrogens with zero attached hydrogens (tertiary/aromatic N) is 4. The summed E-state index contributed by atoms with van der Waals surface area (Å²) in [7, 11) is 0. The molecule has 0 spiro atoms. The number of halogens is 1. The van der Waals surface area contributed by atoms with E-state index in [2.05, 4.69) is 15.3 Å². The topological polar surface area (TPSA) is 65.4 Å². The Bertz CT molecular complexity index is 859. The Morgan fingerprint density at radius 2 is 2.25 bits per heavy atom. The number of aromatic nitrogens is 3. The number of ether oxygens (including phenoxy) is 1. The molecule has 0 atom stereocenters. The monoisotopic (exact) mass is 362 g/mol. The van der Waals surface area contributed by atoms with E-state index in [1.165, 1.54) is 18.1 Å². The van der Waals surface area contributed by atoms with Crippen LogP contribution in [0.5, 0.6) is 5.75 Å². The van der Waals surface area contributed by atoms with Crippen LogP contribution in [0.4, 0.5) is 0 Å². The van der Waals surface area contributed by atoms with Crippen molar-refractivity contribution in [3.63, 3.8) is 0 Å². The van der Waals surface area contributed by atoms with Crippen molar-refractivity contribution in [2.24, 2.45) is 5.10 Å². The van der Waals surface area contributed by atoms with Gasteiger partial charge in [-0.05, 0) is 37.4 Å². The standard InChI is InChI=1S/C16H15ClN4O2S/c1-11-14(17)4-3-5-15(11)22-9-13-7-6-12(23-13)8-19-21-10-18-20-16(21)24-2/h3-8,10H,9H2,1-2H3/b19-8-. The number of furan rings is 1. The molecule has 3 rings (SSSR count). The van der Waals surface area contributed by atoms with E-state index in [0.717, 1.165) is 11.3 Å². The predicted molar refractivity (Wildman–Crippen MR) is 94.0 cm³/mol. The van der Waals surface area contributed by atoms with E-state index in [0.29, 0.717) is 28.3 Å². The van der Waals surface area contributed by atoms with E-state index in [1.807, 2.05) is 43.5 Å². The number of thioether (sulfide) groups is 1. The lowest BCUT2D eigenvalue weighted by Gasteiger charge is -2.08. The van der Waals surface area contributed by atoms with E-state index < -0.39 is 0 Å². The van der Waals surface area contributed by atoms with Crippen LogP contribution >= 0.6 is 23.4 Å². The van der Waals surface area contributed by atoms with Gasteiger partial charge in [-0.1, -0.05) is 29.4 Å². The van der Waals surface area contributed by atoms with Crippen molar-refractivity contribution in [2.75, 3.05) is 6.26 Å². The molecule has 0 aliphatic carbocycles. The summed E-state index contributed by atoms with van der Waals surface area (Å²) < 4.78 is 13.0. The van der Waals surface area contributed by atoms with Crippen molar-refractivity contribution in [1.29, 1.82) is 0 Å². The van der Waals surface area contributed by atoms with Crippen LogP contribution in [0.1, 0.15) is 17.1 Å². The molecule has 2 aromatic heterocycles. The van der Waals surface area contributed by atoms with Crippen LogP contribution in [0.2, 0.25) is 5.02 Å². The Hall–Kier alpha value is -2.25. The maximum atomic E-state index is 6.08. The lowest BCUT2D eigenvalue weighted by atomic mass is 10.2. The van der Waals surface area contributed by atoms with Crippen molar-refractivity contribution >= 4 is 29.6 Å². The van der Waals surface area contributed by atoms with Crippen molar-refractivity contribution in [1.82, 2.24) is 14.9 Å². The molecular formula is C16H15ClN4O2S. The predicted octanol–water partition coefficient (Wildman–Crippen LogP) is 4.02. The molecule has 6 nitrogen and oxygen atoms in total. The Morgan fingerprint density at radius 3 is 3.08 bits per heavy atom. The normalized spacial score (nSPS) is 11.3. The van der Waals surface area contributed by atoms with Crippen LogP contribution in [0.3, 0.4) is 0 Å². The summed E-state index contributed by atoms with van der Waals surface area (Å²) in [5.74, 6) is 2.06. The van der Waals surface area contributed by atoms with Crippen LogP contribution in [0.25, 0.3) is 0 Å². The van der Waals surface area contributed by atoms with E-state index in [4.69, 9.17) is 20.8 Å². The van der Waals surface area contributed by atoms with Gasteiger partial charge in [0.15, 0.2) is 0 Å². The highest BCUT2D eigenvalue weighted by molar-refractivity contribution is 7.98. The summed E-state index contributed by atoms with van der Waals surface area (Å²) in [5, 5.41) is 13.4. The second-order valence-corrected chi connectivity index (χ2v) is 6.04. The molecule has 3 aromatic rings. The first kappa shape index (κ1) is 16.6. The molecular weight excluding hydrogens is 348 g/mol. The fraction of sp³-hybridized carbons (Fsp3) is 0.188. The van der Waals surface area contributed by atoms with Gasteiger partial charge < -0.3 is 9.15 Å². The van der Waals surface area contributed by atoms with Gasteiger partial charge in [0.2, 0.25) is 5.16 Å². The summed E-state index contributed by atoms with van der Waals surface area (Å²) in [4.78, 5) is 0. The highest BCUT2D eigenvalue weighted by atomic mass is 35.5. The minimum Gasteiger partial charge on any atom is -0.485 e. The van der Waals surface area contributed by atoms with E-state index in [1.54, 1.807) is 10.9 Å². The van der Waals surface area contributed by atoms with Gasteiger partial charge in [-0.15, -0.1) is 10.2 Å². The van der Waals surface area contributed by atoms with Crippen LogP contribution in [-0.2, 0) is 6.61 Å². The lowest BCUT2D eigenvalue weighted by molar-refractivity contribution is 0.268. The Morgan fingerprint density at radius 1 is 1.38 bits per heavy atom. The van der Waals surface area contributed by atoms with Crippen molar-refractivity contribution in [3.8, 4) is 5.75 Å². The van der Waals surface area contributed by atoms with E-state index >= 15 is 0 Å². The third-order valence-electron chi connectivity index (χ3n) is 3.26. The third-order valence-corrected chi connectivity index (χ3v) is 4.31. The van der Waals surface area contributed by atoms with E-state index in [9.17, 15) is 0 Å². The Labute approximate surface area is 148 Å². The van der Waals surface area contributed by atoms with E-state index in [-0.39, 0.29) is 0 Å². The third kappa shape index (κ3) is 3.80. The Kier molecular flexibility index (Phi) is 5.22. The second-order valence-electron chi connectivity index (χ2n) is 4.86. The van der Waals surface area contributed by atoms with Gasteiger partial charge in [0, 0.05) is 10.6 Å². The van der Waals surface area contributed by atoms with Crippen LogP contribution in [-0.4, -0.2) is 27.3 Å². The number of rotatable bonds is 6. The van der Waals surface area contributed by atoms with Gasteiger partial charge >= 0.3 is 0 Å². The van der Waals surface area contributed by atoms with Gasteiger partial charge in [-0.3, -0.25) is 0 Å². The molecule has 0 amide bonds. The van der Waals surface area contributed by atoms with Crippen LogP contribution in [0, 0.1) is 6.92 Å². The fourth-order valence-corrected chi connectivity index (χ4v) is 2.56. The molecule has 0 saturated carbocycles. The highest BCUT2D eigenvalue weighted by Crippen LogP contribution is 2.25. The second kappa shape index (κ2) is 7.55. The molecule has 0 fully saturated rings. The van der Waals surface area contributed by atoms with Gasteiger partial charge in [0.05, 0.1) is 6.21 Å². The number of hydrogen-bond donors (Lipinski definition) is 0. The van der Waals surface area contributed by atoms with Gasteiger partial charge in [-0.25, -0.2) is 0 Å². The first-order chi connectivity index (χ1) is 11.7. The Balaban J connectivity index is 1.64. The minimum atomic E-state index is 0.317. The molecule has 0 N–H and O–H groups in total. The van der Waals surface area contributed by atoms with Crippen molar-refractivity contribution in [2.45, 2.75) is 18.7 Å². The number of hydrogen-bond acceptors (Lipinski definition) is 6. The zero-order valence-corrected chi connectivity index (χ0v) is 14.7. The molecule has 2 heterocycles. The molecule has 1 aromatic carbocycles. The molecule has 0 unspecified atom stereocenters. The molecule has 0 radical (unpaired) electrons. The summed E-state index contributed by atoms with van der Waals surface area (Å²) in [6, 6.07) is 9.24. The van der Waals surface area contributed by atoms with Gasteiger partial charge in [0.1, 0.15) is 30.2 Å². The van der Waals surface area contributed by atoms with Crippen molar-refractivity contribution in [3.05, 3.63) is 58.8 Å². The molecule has 8 heteroatoms. The average molecular weight is 363 g/mol. The van der Waals surface area contributed by atoms with Gasteiger partial charge in [0.25, 0.3) is 0 Å². The highest BCUT2D eigenvalue weighted by Gasteiger charge is 2.06. The summed E-state index contributed by atoms with van der Waals surface area (Å²) >= 11 is 7.54. The maximum Gasteiger partial charge on any atom is 0.211 e. The molecule has 0 aliphatic heterocycles. The van der Waals surface area contributed by atoms with Gasteiger partial charge in [-0.2, -0.15) is 9.78 Å². The maximum absolute atomic E-state index is 6.08. The summed E-state index contributed by atoms with van der Waals surface area (Å²) in [5.41, 5.74) is 0.907. The van der Waals surface area contributed by atoms with Crippen LogP contribution < -0.4 is 4.74 Å². The van der Waals surface area contributed by atoms with Crippen molar-refractivity contribution < 1.29 is 9.15 Å². The SMILES string of the molecule is CSc1nncn1/N=C\c1ccc(COc2cccc(Cl)c2C)o1. The number of benzene rings is 1. The molecule has 0 saturated heterocycles. The lowest BCUT2D eigenvalue weighted by Crippen LogP contribution is -1.96. The zero-order chi connectivity index (χ0) is 16.9. The molecule has 0 aliphatic rings. The fourth-order valence-electron chi connectivity index (χ4n) is 1.99. The van der Waals surface area contributed by atoms with Crippen LogP contribution in [0.15, 0.2) is 51.3 Å². The summed E-state index contributed by atoms with van der Waals surface area (Å²) in [6.45, 7) is 2.23. The molecule has 0 bridgehead atoms. The first-order valence-electron chi connectivity index (χ1n) is 7.12. The quantitative estimate of drug-likeness (QED) is 0.489. The molecule has 124 valence electrons. The largest absolute Gasteiger partial charge is 0.485 e. The smallest absolute Gasteiger partial charge is 0.211 e. The average Bonchev–Trinajstić information content (AvgIpc) is 3.22. The minimum absolute atomic E-state index is 0.317. The summed E-state index contributed by atoms with van der Waals surface area (Å²) in [6.07, 6.45) is 5.06. The zero-order valence-electron chi connectivity index (χ0n) is 13.1.